The average molecular weight is 214 g/mol. The monoisotopic (exact) mass is 214 g/mol. The van der Waals surface area contributed by atoms with Crippen molar-refractivity contribution in [3.63, 3.8) is 0 Å². The Kier molecular flexibility index (Phi) is 3.40. The molecule has 2 nitrogen and oxygen atoms in total. The molecule has 0 bridgehead atoms. The van der Waals surface area contributed by atoms with Crippen LogP contribution < -0.4 is 5.73 Å². The van der Waals surface area contributed by atoms with Gasteiger partial charge >= 0.3 is 0 Å². The number of nitrogens with two attached hydrogens (primary N) is 1. The minimum absolute atomic E-state index is 0.773. The fourth-order valence-electron chi connectivity index (χ4n) is 2.01. The number of hydrogen-bond donors (Lipinski definition) is 1. The topological polar surface area (TPSA) is 38.9 Å². The van der Waals surface area contributed by atoms with Crippen LogP contribution in [0.25, 0.3) is 10.8 Å². The van der Waals surface area contributed by atoms with Gasteiger partial charge in [0.05, 0.1) is 11.9 Å². The molecule has 0 saturated heterocycles. The molecule has 0 unspecified atom stereocenters. The van der Waals surface area contributed by atoms with Gasteiger partial charge in [0.25, 0.3) is 0 Å². The van der Waals surface area contributed by atoms with Gasteiger partial charge in [-0.25, -0.2) is 0 Å². The van der Waals surface area contributed by atoms with Crippen LogP contribution in [-0.4, -0.2) is 4.98 Å². The summed E-state index contributed by atoms with van der Waals surface area (Å²) in [5, 5.41) is 2.34. The van der Waals surface area contributed by atoms with Crippen LogP contribution in [0.15, 0.2) is 30.5 Å². The van der Waals surface area contributed by atoms with Crippen molar-refractivity contribution in [2.24, 2.45) is 0 Å². The maximum atomic E-state index is 5.92. The summed E-state index contributed by atoms with van der Waals surface area (Å²) < 4.78 is 0. The molecule has 2 rings (SSSR count). The minimum atomic E-state index is 0.773. The summed E-state index contributed by atoms with van der Waals surface area (Å²) in [5.41, 5.74) is 7.87. The molecule has 1 heterocycles. The molecule has 84 valence electrons. The van der Waals surface area contributed by atoms with Crippen LogP contribution in [0.2, 0.25) is 0 Å². The predicted molar refractivity (Wildman–Crippen MR) is 69.4 cm³/mol. The standard InChI is InChI=1S/C14H18N2/c1-2-3-4-9-14-12-8-6-5-7-11(12)13(15)10-16-14/h5-8,10H,2-4,9,15H2,1H3. The summed E-state index contributed by atoms with van der Waals surface area (Å²) in [7, 11) is 0. The lowest BCUT2D eigenvalue weighted by atomic mass is 10.0. The third-order valence-corrected chi connectivity index (χ3v) is 2.93. The molecule has 2 aromatic rings. The first-order valence-electron chi connectivity index (χ1n) is 5.95. The Hall–Kier alpha value is -1.57. The molecule has 0 radical (unpaired) electrons. The Morgan fingerprint density at radius 3 is 2.62 bits per heavy atom. The van der Waals surface area contributed by atoms with Crippen molar-refractivity contribution >= 4 is 16.5 Å². The number of fused-ring (bicyclic) bond motifs is 1. The van der Waals surface area contributed by atoms with E-state index in [0.717, 1.165) is 17.5 Å². The molecule has 1 aromatic carbocycles. The summed E-state index contributed by atoms with van der Waals surface area (Å²) in [6.07, 6.45) is 6.54. The molecule has 0 saturated carbocycles. The van der Waals surface area contributed by atoms with Gasteiger partial charge in [-0.3, -0.25) is 4.98 Å². The van der Waals surface area contributed by atoms with Crippen molar-refractivity contribution in [3.8, 4) is 0 Å². The van der Waals surface area contributed by atoms with Crippen molar-refractivity contribution in [3.05, 3.63) is 36.2 Å². The first-order chi connectivity index (χ1) is 7.83. The van der Waals surface area contributed by atoms with Crippen LogP contribution in [0.1, 0.15) is 31.9 Å². The highest BCUT2D eigenvalue weighted by atomic mass is 14.7. The smallest absolute Gasteiger partial charge is 0.0580 e. The van der Waals surface area contributed by atoms with Crippen molar-refractivity contribution in [1.82, 2.24) is 4.98 Å². The summed E-state index contributed by atoms with van der Waals surface area (Å²) in [4.78, 5) is 4.45. The highest BCUT2D eigenvalue weighted by Gasteiger charge is 2.04. The van der Waals surface area contributed by atoms with Gasteiger partial charge in [0, 0.05) is 16.5 Å². The molecule has 0 aliphatic rings. The van der Waals surface area contributed by atoms with Crippen LogP contribution in [0.5, 0.6) is 0 Å². The molecule has 0 aliphatic heterocycles. The molecule has 0 fully saturated rings. The second kappa shape index (κ2) is 4.97. The van der Waals surface area contributed by atoms with Gasteiger partial charge in [-0.05, 0) is 12.8 Å². The normalized spacial score (nSPS) is 10.8. The number of unbranched alkanes of at least 4 members (excludes halogenated alkanes) is 2. The SMILES string of the molecule is CCCCCc1ncc(N)c2ccccc12. The number of benzene rings is 1. The second-order valence-electron chi connectivity index (χ2n) is 4.16. The van der Waals surface area contributed by atoms with Crippen molar-refractivity contribution in [2.75, 3.05) is 5.73 Å². The number of rotatable bonds is 4. The molecule has 1 aromatic heterocycles. The van der Waals surface area contributed by atoms with E-state index in [1.54, 1.807) is 6.20 Å². The number of pyridine rings is 1. The first-order valence-corrected chi connectivity index (χ1v) is 5.95. The zero-order chi connectivity index (χ0) is 11.4. The molecule has 0 spiro atoms. The van der Waals surface area contributed by atoms with Crippen LogP contribution in [-0.2, 0) is 6.42 Å². The number of nitrogen functional groups attached to an aromatic ring is 1. The molecule has 2 N–H and O–H groups in total. The van der Waals surface area contributed by atoms with E-state index in [1.165, 1.54) is 30.3 Å². The van der Waals surface area contributed by atoms with Crippen molar-refractivity contribution in [1.29, 1.82) is 0 Å². The lowest BCUT2D eigenvalue weighted by Gasteiger charge is -2.07. The Morgan fingerprint density at radius 1 is 1.12 bits per heavy atom. The van der Waals surface area contributed by atoms with E-state index in [2.05, 4.69) is 24.0 Å². The molecule has 0 aliphatic carbocycles. The van der Waals surface area contributed by atoms with Gasteiger partial charge in [-0.1, -0.05) is 44.0 Å². The fraction of sp³-hybridized carbons (Fsp3) is 0.357. The van der Waals surface area contributed by atoms with E-state index in [9.17, 15) is 0 Å². The van der Waals surface area contributed by atoms with Gasteiger partial charge in [-0.2, -0.15) is 0 Å². The number of anilines is 1. The number of aryl methyl sites for hydroxylation is 1. The van der Waals surface area contributed by atoms with Gasteiger partial charge in [0.15, 0.2) is 0 Å². The van der Waals surface area contributed by atoms with E-state index < -0.39 is 0 Å². The fourth-order valence-corrected chi connectivity index (χ4v) is 2.01. The van der Waals surface area contributed by atoms with Gasteiger partial charge in [-0.15, -0.1) is 0 Å². The summed E-state index contributed by atoms with van der Waals surface area (Å²) in [5.74, 6) is 0. The third-order valence-electron chi connectivity index (χ3n) is 2.93. The molecular formula is C14H18N2. The van der Waals surface area contributed by atoms with Crippen LogP contribution in [0, 0.1) is 0 Å². The first kappa shape index (κ1) is 10.9. The predicted octanol–water partition coefficient (Wildman–Crippen LogP) is 3.55. The summed E-state index contributed by atoms with van der Waals surface area (Å²) in [6, 6.07) is 8.25. The highest BCUT2D eigenvalue weighted by Crippen LogP contribution is 2.23. The molecule has 2 heteroatoms. The molecule has 0 atom stereocenters. The number of hydrogen-bond acceptors (Lipinski definition) is 2. The van der Waals surface area contributed by atoms with E-state index in [0.29, 0.717) is 0 Å². The number of aromatic nitrogens is 1. The van der Waals surface area contributed by atoms with Crippen LogP contribution >= 0.6 is 0 Å². The van der Waals surface area contributed by atoms with Gasteiger partial charge in [0.2, 0.25) is 0 Å². The summed E-state index contributed by atoms with van der Waals surface area (Å²) >= 11 is 0. The summed E-state index contributed by atoms with van der Waals surface area (Å²) in [6.45, 7) is 2.22. The van der Waals surface area contributed by atoms with Crippen molar-refractivity contribution < 1.29 is 0 Å². The molecule has 16 heavy (non-hydrogen) atoms. The quantitative estimate of drug-likeness (QED) is 0.790. The Morgan fingerprint density at radius 2 is 1.88 bits per heavy atom. The van der Waals surface area contributed by atoms with Crippen LogP contribution in [0.4, 0.5) is 5.69 Å². The zero-order valence-corrected chi connectivity index (χ0v) is 9.74. The van der Waals surface area contributed by atoms with Crippen LogP contribution in [0.3, 0.4) is 0 Å². The Bertz CT molecular complexity index is 477. The van der Waals surface area contributed by atoms with Gasteiger partial charge < -0.3 is 5.73 Å². The van der Waals surface area contributed by atoms with E-state index in [4.69, 9.17) is 5.73 Å². The molecular weight excluding hydrogens is 196 g/mol. The lowest BCUT2D eigenvalue weighted by Crippen LogP contribution is -1.96. The third kappa shape index (κ3) is 2.16. The maximum Gasteiger partial charge on any atom is 0.0580 e. The minimum Gasteiger partial charge on any atom is -0.397 e. The zero-order valence-electron chi connectivity index (χ0n) is 9.74. The largest absolute Gasteiger partial charge is 0.397 e. The van der Waals surface area contributed by atoms with E-state index >= 15 is 0 Å². The lowest BCUT2D eigenvalue weighted by molar-refractivity contribution is 0.710. The number of nitrogens with zero attached hydrogens (tertiary/aromatic N) is 1. The highest BCUT2D eigenvalue weighted by molar-refractivity contribution is 5.93. The van der Waals surface area contributed by atoms with Crippen molar-refractivity contribution in [2.45, 2.75) is 32.6 Å². The Balaban J connectivity index is 2.35. The van der Waals surface area contributed by atoms with E-state index in [1.807, 2.05) is 12.1 Å². The second-order valence-corrected chi connectivity index (χ2v) is 4.16. The Labute approximate surface area is 96.5 Å². The molecule has 0 amide bonds. The van der Waals surface area contributed by atoms with E-state index in [-0.39, 0.29) is 0 Å². The average Bonchev–Trinajstić information content (AvgIpc) is 2.33. The van der Waals surface area contributed by atoms with Gasteiger partial charge in [0.1, 0.15) is 0 Å². The maximum absolute atomic E-state index is 5.92.